The van der Waals surface area contributed by atoms with E-state index in [0.29, 0.717) is 5.39 Å². The standard InChI is InChI=1S/C30H40F2O/c1-3-5-6-7-8-9-21-10-11-23-18-24(13-12-22(23)17-21)26-19-25-14-15-29(33-16-4-2)30(32)27(25)20-28(26)31/h4,14-15,19-24H,2-3,5-13,16-18H2,1H3/t21?,22-,23?,24-/m1/s1. The highest BCUT2D eigenvalue weighted by Gasteiger charge is 2.36. The second-order valence-electron chi connectivity index (χ2n) is 10.5. The molecule has 0 N–H and O–H groups in total. The Balaban J connectivity index is 1.38. The van der Waals surface area contributed by atoms with Crippen molar-refractivity contribution in [2.45, 2.75) is 89.9 Å². The SMILES string of the molecule is C=CCOc1ccc2cc([C@@H]3CC[C@@H]4CC(CCCCCCC)CCC4C3)c(F)cc2c1F. The largest absolute Gasteiger partial charge is 0.486 e. The molecule has 2 aromatic carbocycles. The topological polar surface area (TPSA) is 9.23 Å². The zero-order valence-electron chi connectivity index (χ0n) is 20.3. The highest BCUT2D eigenvalue weighted by molar-refractivity contribution is 5.85. The number of fused-ring (bicyclic) bond motifs is 2. The van der Waals surface area contributed by atoms with Crippen LogP contribution >= 0.6 is 0 Å². The van der Waals surface area contributed by atoms with Gasteiger partial charge in [0.05, 0.1) is 0 Å². The van der Waals surface area contributed by atoms with E-state index in [4.69, 9.17) is 4.74 Å². The van der Waals surface area contributed by atoms with Gasteiger partial charge in [0.15, 0.2) is 11.6 Å². The van der Waals surface area contributed by atoms with Crippen LogP contribution in [0, 0.1) is 29.4 Å². The molecule has 33 heavy (non-hydrogen) atoms. The predicted molar refractivity (Wildman–Crippen MR) is 134 cm³/mol. The van der Waals surface area contributed by atoms with Gasteiger partial charge < -0.3 is 4.74 Å². The molecular formula is C30H40F2O. The van der Waals surface area contributed by atoms with E-state index in [9.17, 15) is 4.39 Å². The van der Waals surface area contributed by atoms with Crippen LogP contribution in [0.4, 0.5) is 8.78 Å². The van der Waals surface area contributed by atoms with Crippen LogP contribution in [0.5, 0.6) is 5.75 Å². The number of halogens is 2. The smallest absolute Gasteiger partial charge is 0.172 e. The van der Waals surface area contributed by atoms with E-state index in [1.165, 1.54) is 70.3 Å². The molecule has 180 valence electrons. The number of benzene rings is 2. The molecule has 0 amide bonds. The lowest BCUT2D eigenvalue weighted by Gasteiger charge is -2.42. The summed E-state index contributed by atoms with van der Waals surface area (Å²) in [6.07, 6.45) is 17.2. The van der Waals surface area contributed by atoms with E-state index in [0.717, 1.165) is 41.5 Å². The predicted octanol–water partition coefficient (Wildman–Crippen LogP) is 9.34. The van der Waals surface area contributed by atoms with Gasteiger partial charge in [-0.05, 0) is 84.9 Å². The van der Waals surface area contributed by atoms with Crippen LogP contribution in [0.3, 0.4) is 0 Å². The lowest BCUT2D eigenvalue weighted by molar-refractivity contribution is 0.112. The van der Waals surface area contributed by atoms with E-state index >= 15 is 4.39 Å². The monoisotopic (exact) mass is 454 g/mol. The minimum absolute atomic E-state index is 0.150. The van der Waals surface area contributed by atoms with Crippen LogP contribution in [0.2, 0.25) is 0 Å². The Kier molecular flexibility index (Phi) is 8.44. The van der Waals surface area contributed by atoms with Crippen molar-refractivity contribution in [3.05, 3.63) is 54.1 Å². The fourth-order valence-electron chi connectivity index (χ4n) is 6.45. The molecule has 2 fully saturated rings. The summed E-state index contributed by atoms with van der Waals surface area (Å²) in [4.78, 5) is 0. The van der Waals surface area contributed by atoms with Crippen LogP contribution in [0.15, 0.2) is 36.9 Å². The first-order valence-corrected chi connectivity index (χ1v) is 13.3. The first-order valence-electron chi connectivity index (χ1n) is 13.3. The van der Waals surface area contributed by atoms with Gasteiger partial charge in [-0.25, -0.2) is 8.78 Å². The van der Waals surface area contributed by atoms with E-state index in [1.54, 1.807) is 12.1 Å². The third-order valence-corrected chi connectivity index (χ3v) is 8.27. The van der Waals surface area contributed by atoms with Crippen molar-refractivity contribution in [1.29, 1.82) is 0 Å². The highest BCUT2D eigenvalue weighted by Crippen LogP contribution is 2.49. The average molecular weight is 455 g/mol. The van der Waals surface area contributed by atoms with Crippen LogP contribution in [0.1, 0.15) is 95.5 Å². The first-order chi connectivity index (χ1) is 16.1. The molecule has 0 bridgehead atoms. The summed E-state index contributed by atoms with van der Waals surface area (Å²) in [7, 11) is 0. The van der Waals surface area contributed by atoms with Gasteiger partial charge in [-0.15, -0.1) is 0 Å². The molecular weight excluding hydrogens is 414 g/mol. The van der Waals surface area contributed by atoms with Crippen LogP contribution in [-0.4, -0.2) is 6.61 Å². The Labute approximate surface area is 198 Å². The van der Waals surface area contributed by atoms with E-state index in [-0.39, 0.29) is 24.1 Å². The second-order valence-corrected chi connectivity index (χ2v) is 10.5. The maximum atomic E-state index is 15.2. The summed E-state index contributed by atoms with van der Waals surface area (Å²) < 4.78 is 35.4. The molecule has 3 heteroatoms. The highest BCUT2D eigenvalue weighted by atomic mass is 19.1. The molecule has 0 radical (unpaired) electrons. The number of hydrogen-bond donors (Lipinski definition) is 0. The van der Waals surface area contributed by atoms with Crippen molar-refractivity contribution in [3.63, 3.8) is 0 Å². The van der Waals surface area contributed by atoms with Gasteiger partial charge in [-0.2, -0.15) is 0 Å². The first kappa shape index (κ1) is 24.2. The Hall–Kier alpha value is -1.90. The summed E-state index contributed by atoms with van der Waals surface area (Å²) in [5, 5.41) is 1.05. The summed E-state index contributed by atoms with van der Waals surface area (Å²) in [5.74, 6) is 2.09. The van der Waals surface area contributed by atoms with Crippen LogP contribution in [-0.2, 0) is 0 Å². The summed E-state index contributed by atoms with van der Waals surface area (Å²) >= 11 is 0. The molecule has 4 rings (SSSR count). The van der Waals surface area contributed by atoms with Gasteiger partial charge >= 0.3 is 0 Å². The van der Waals surface area contributed by atoms with Crippen LogP contribution in [0.25, 0.3) is 10.8 Å². The zero-order chi connectivity index (χ0) is 23.2. The molecule has 2 aromatic rings. The Morgan fingerprint density at radius 3 is 2.58 bits per heavy atom. The maximum Gasteiger partial charge on any atom is 0.172 e. The van der Waals surface area contributed by atoms with E-state index in [1.807, 2.05) is 12.1 Å². The summed E-state index contributed by atoms with van der Waals surface area (Å²) in [6, 6.07) is 6.75. The Bertz CT molecular complexity index is 937. The lowest BCUT2D eigenvalue weighted by atomic mass is 9.63. The zero-order valence-corrected chi connectivity index (χ0v) is 20.3. The van der Waals surface area contributed by atoms with Crippen molar-refractivity contribution in [2.24, 2.45) is 17.8 Å². The second kappa shape index (κ2) is 11.5. The van der Waals surface area contributed by atoms with E-state index in [2.05, 4.69) is 13.5 Å². The molecule has 2 unspecified atom stereocenters. The van der Waals surface area contributed by atoms with Gasteiger partial charge in [0, 0.05) is 5.39 Å². The molecule has 0 aromatic heterocycles. The molecule has 4 atom stereocenters. The Morgan fingerprint density at radius 2 is 1.76 bits per heavy atom. The van der Waals surface area contributed by atoms with Gasteiger partial charge in [0.1, 0.15) is 12.4 Å². The number of ether oxygens (including phenoxy) is 1. The van der Waals surface area contributed by atoms with Crippen molar-refractivity contribution < 1.29 is 13.5 Å². The minimum atomic E-state index is -0.489. The fourth-order valence-corrected chi connectivity index (χ4v) is 6.45. The molecule has 2 saturated carbocycles. The molecule has 0 spiro atoms. The normalized spacial score (nSPS) is 25.1. The number of unbranched alkanes of at least 4 members (excludes halogenated alkanes) is 4. The van der Waals surface area contributed by atoms with Crippen molar-refractivity contribution >= 4 is 10.8 Å². The molecule has 0 aliphatic heterocycles. The molecule has 2 aliphatic rings. The molecule has 1 nitrogen and oxygen atoms in total. The third kappa shape index (κ3) is 5.78. The Morgan fingerprint density at radius 1 is 0.970 bits per heavy atom. The van der Waals surface area contributed by atoms with Gasteiger partial charge in [0.25, 0.3) is 0 Å². The van der Waals surface area contributed by atoms with Gasteiger partial charge in [-0.1, -0.05) is 70.6 Å². The van der Waals surface area contributed by atoms with E-state index < -0.39 is 5.82 Å². The average Bonchev–Trinajstić information content (AvgIpc) is 2.83. The number of hydrogen-bond acceptors (Lipinski definition) is 1. The summed E-state index contributed by atoms with van der Waals surface area (Å²) in [5.41, 5.74) is 0.776. The van der Waals surface area contributed by atoms with Crippen molar-refractivity contribution in [1.82, 2.24) is 0 Å². The fraction of sp³-hybridized carbons (Fsp3) is 0.600. The van der Waals surface area contributed by atoms with Crippen molar-refractivity contribution in [3.8, 4) is 5.75 Å². The quantitative estimate of drug-likeness (QED) is 0.257. The number of rotatable bonds is 10. The van der Waals surface area contributed by atoms with Crippen molar-refractivity contribution in [2.75, 3.05) is 6.61 Å². The molecule has 2 aliphatic carbocycles. The van der Waals surface area contributed by atoms with Gasteiger partial charge in [-0.3, -0.25) is 0 Å². The lowest BCUT2D eigenvalue weighted by Crippen LogP contribution is -2.30. The van der Waals surface area contributed by atoms with Crippen LogP contribution < -0.4 is 4.74 Å². The summed E-state index contributed by atoms with van der Waals surface area (Å²) in [6.45, 7) is 6.10. The van der Waals surface area contributed by atoms with Gasteiger partial charge in [0.2, 0.25) is 0 Å². The molecule has 0 heterocycles. The minimum Gasteiger partial charge on any atom is -0.486 e. The maximum absolute atomic E-state index is 15.2. The third-order valence-electron chi connectivity index (χ3n) is 8.27. The molecule has 0 saturated heterocycles.